The fourth-order valence-corrected chi connectivity index (χ4v) is 11.7. The second-order valence-electron chi connectivity index (χ2n) is 21.0. The number of pyridine rings is 2. The molecule has 8 aromatic rings. The molecule has 68 heavy (non-hydrogen) atoms. The number of esters is 1. The Kier molecular flexibility index (Phi) is 9.99. The summed E-state index contributed by atoms with van der Waals surface area (Å²) in [7, 11) is 0. The first-order chi connectivity index (χ1) is 32.4. The molecule has 8 heteroatoms. The number of rotatable bonds is 9. The number of aryl methyl sites for hydroxylation is 2. The number of ether oxygens (including phenoxy) is 3. The van der Waals surface area contributed by atoms with Crippen LogP contribution >= 0.6 is 0 Å². The van der Waals surface area contributed by atoms with Gasteiger partial charge in [-0.15, -0.1) is 6.42 Å². The van der Waals surface area contributed by atoms with Gasteiger partial charge in [-0.05, 0) is 164 Å². The number of carboxylic acids is 1. The number of carbonyl (C=O) groups is 2. The molecule has 2 heterocycles. The summed E-state index contributed by atoms with van der Waals surface area (Å²) in [5.41, 5.74) is 10.4. The summed E-state index contributed by atoms with van der Waals surface area (Å²) in [6.07, 6.45) is 4.20. The molecule has 0 spiro atoms. The van der Waals surface area contributed by atoms with Gasteiger partial charge in [0, 0.05) is 44.8 Å². The Morgan fingerprint density at radius 2 is 1.22 bits per heavy atom. The summed E-state index contributed by atoms with van der Waals surface area (Å²) in [5.74, 6) is 3.07. The van der Waals surface area contributed by atoms with Crippen molar-refractivity contribution in [1.82, 2.24) is 9.97 Å². The van der Waals surface area contributed by atoms with Crippen molar-refractivity contribution in [3.8, 4) is 40.3 Å². The number of terminal acetylenes is 1. The summed E-state index contributed by atoms with van der Waals surface area (Å²) in [6.45, 7) is 17.4. The quantitative estimate of drug-likeness (QED) is 0.0867. The molecular formula is C60H54N2O6. The van der Waals surface area contributed by atoms with Crippen LogP contribution in [0.3, 0.4) is 0 Å². The van der Waals surface area contributed by atoms with Crippen LogP contribution < -0.4 is 4.74 Å². The molecule has 340 valence electrons. The number of nitrogens with zero attached hydrogens (tertiary/aromatic N) is 2. The SMILES string of the molecule is C#C[C@H]1Cc2cccc3c(-c4c([C@H](OC(C)(C)C)C(=O)O)c(C)nc5ccc(OC(=O)[C@@H](OC(C)(C)C)c6c(C)nc7ccccc7c6-c6ccc7c8c(cccc68)[C@H]6[C@@H](C)[C@@H]76)cc45)ccc1c23. The van der Waals surface area contributed by atoms with Gasteiger partial charge in [0.1, 0.15) is 5.75 Å². The van der Waals surface area contributed by atoms with Crippen molar-refractivity contribution in [2.24, 2.45) is 5.92 Å². The van der Waals surface area contributed by atoms with E-state index in [1.54, 1.807) is 12.1 Å². The van der Waals surface area contributed by atoms with Gasteiger partial charge in [-0.2, -0.15) is 0 Å². The van der Waals surface area contributed by atoms with Crippen LogP contribution in [0.25, 0.3) is 65.6 Å². The average molecular weight is 899 g/mol. The predicted molar refractivity (Wildman–Crippen MR) is 269 cm³/mol. The number of carbonyl (C=O) groups excluding carboxylic acids is 1. The first-order valence-electron chi connectivity index (χ1n) is 23.6. The van der Waals surface area contributed by atoms with Crippen LogP contribution in [0.1, 0.15) is 123 Å². The van der Waals surface area contributed by atoms with E-state index in [0.717, 1.165) is 61.3 Å². The van der Waals surface area contributed by atoms with Gasteiger partial charge in [-0.1, -0.05) is 91.7 Å². The average Bonchev–Trinajstić information content (AvgIpc) is 3.61. The van der Waals surface area contributed by atoms with Crippen molar-refractivity contribution in [3.05, 3.63) is 148 Å². The van der Waals surface area contributed by atoms with E-state index in [1.165, 1.54) is 16.5 Å². The molecule has 0 aliphatic heterocycles. The lowest BCUT2D eigenvalue weighted by Gasteiger charge is -2.30. The maximum atomic E-state index is 15.3. The molecule has 2 aromatic heterocycles. The second kappa shape index (κ2) is 15.6. The van der Waals surface area contributed by atoms with Crippen LogP contribution in [0, 0.1) is 32.1 Å². The van der Waals surface area contributed by atoms with Gasteiger partial charge in [-0.3, -0.25) is 9.97 Å². The van der Waals surface area contributed by atoms with E-state index in [9.17, 15) is 9.90 Å². The van der Waals surface area contributed by atoms with Crippen LogP contribution in [0.5, 0.6) is 5.75 Å². The van der Waals surface area contributed by atoms with E-state index < -0.39 is 35.3 Å². The van der Waals surface area contributed by atoms with Gasteiger partial charge in [-0.25, -0.2) is 9.59 Å². The lowest BCUT2D eigenvalue weighted by atomic mass is 9.86. The van der Waals surface area contributed by atoms with Gasteiger partial charge in [0.25, 0.3) is 0 Å². The molecule has 3 aliphatic rings. The van der Waals surface area contributed by atoms with E-state index in [1.807, 2.05) is 91.8 Å². The monoisotopic (exact) mass is 898 g/mol. The standard InChI is InChI=1S/C60H54N2O6/c1-11-33-28-34-16-14-18-37-39(24-23-36(33)51(34)37)54-44-29-35(22-27-46(44)62-31(3)49(54)55(57(63)64)67-59(5,6)7)66-58(65)56(68-60(8,9)10)50-32(4)61-45-21-13-12-17-41(45)53(50)40-25-26-43-48-30(2)47(48)42-20-15-19-38(40)52(42)43/h1,12-27,29-30,33,47-48,55-56H,28H2,2-10H3,(H,63,64)/t30-,33+,47-,48+,55+,56+/m1/s1. The van der Waals surface area contributed by atoms with Crippen LogP contribution in [0.15, 0.2) is 103 Å². The number of fused-ring (bicyclic) bond motifs is 5. The van der Waals surface area contributed by atoms with E-state index in [4.69, 9.17) is 30.6 Å². The maximum absolute atomic E-state index is 15.3. The van der Waals surface area contributed by atoms with Gasteiger partial charge >= 0.3 is 11.9 Å². The molecule has 0 amide bonds. The summed E-state index contributed by atoms with van der Waals surface area (Å²) in [4.78, 5) is 38.8. The zero-order valence-electron chi connectivity index (χ0n) is 39.9. The third-order valence-electron chi connectivity index (χ3n) is 14.3. The van der Waals surface area contributed by atoms with Crippen molar-refractivity contribution >= 4 is 55.3 Å². The highest BCUT2D eigenvalue weighted by Gasteiger charge is 2.54. The number of aromatic nitrogens is 2. The Labute approximate surface area is 396 Å². The molecule has 0 radical (unpaired) electrons. The first kappa shape index (κ1) is 43.6. The molecule has 1 saturated carbocycles. The third kappa shape index (κ3) is 6.97. The van der Waals surface area contributed by atoms with E-state index in [-0.39, 0.29) is 11.7 Å². The second-order valence-corrected chi connectivity index (χ2v) is 21.0. The minimum Gasteiger partial charge on any atom is -0.479 e. The van der Waals surface area contributed by atoms with Crippen LogP contribution in [-0.2, 0) is 25.5 Å². The number of aliphatic carboxylic acids is 1. The largest absolute Gasteiger partial charge is 0.479 e. The number of hydrogen-bond donors (Lipinski definition) is 1. The zero-order chi connectivity index (χ0) is 47.7. The van der Waals surface area contributed by atoms with Crippen molar-refractivity contribution in [1.29, 1.82) is 0 Å². The number of carboxylic acid groups (broad SMARTS) is 1. The molecule has 0 saturated heterocycles. The summed E-state index contributed by atoms with van der Waals surface area (Å²) in [6, 6.07) is 34.8. The Balaban J connectivity index is 1.10. The Bertz CT molecular complexity index is 3520. The Morgan fingerprint density at radius 1 is 0.662 bits per heavy atom. The molecule has 6 atom stereocenters. The van der Waals surface area contributed by atoms with Gasteiger partial charge < -0.3 is 19.3 Å². The van der Waals surface area contributed by atoms with Gasteiger partial charge in [0.15, 0.2) is 12.2 Å². The summed E-state index contributed by atoms with van der Waals surface area (Å²) >= 11 is 0. The summed E-state index contributed by atoms with van der Waals surface area (Å²) in [5, 5.41) is 16.9. The molecule has 8 nitrogen and oxygen atoms in total. The molecule has 0 unspecified atom stereocenters. The third-order valence-corrected chi connectivity index (χ3v) is 14.3. The molecule has 1 N–H and O–H groups in total. The number of benzene rings is 6. The number of hydrogen-bond acceptors (Lipinski definition) is 7. The molecular weight excluding hydrogens is 845 g/mol. The van der Waals surface area contributed by atoms with Gasteiger partial charge in [0.05, 0.1) is 22.2 Å². The maximum Gasteiger partial charge on any atom is 0.345 e. The van der Waals surface area contributed by atoms with E-state index in [0.29, 0.717) is 56.7 Å². The lowest BCUT2D eigenvalue weighted by Crippen LogP contribution is -2.31. The van der Waals surface area contributed by atoms with Crippen LogP contribution in [0.4, 0.5) is 0 Å². The molecule has 6 aromatic carbocycles. The fourth-order valence-electron chi connectivity index (χ4n) is 11.7. The van der Waals surface area contributed by atoms with Crippen molar-refractivity contribution < 1.29 is 28.9 Å². The fraction of sp³-hybridized carbons (Fsp3) is 0.300. The molecule has 0 bridgehead atoms. The Morgan fingerprint density at radius 3 is 1.88 bits per heavy atom. The van der Waals surface area contributed by atoms with Crippen molar-refractivity contribution in [3.63, 3.8) is 0 Å². The first-order valence-corrected chi connectivity index (χ1v) is 23.6. The lowest BCUT2D eigenvalue weighted by molar-refractivity contribution is -0.160. The Hall–Kier alpha value is -6.92. The zero-order valence-corrected chi connectivity index (χ0v) is 39.9. The molecule has 11 rings (SSSR count). The predicted octanol–water partition coefficient (Wildman–Crippen LogP) is 13.5. The highest BCUT2D eigenvalue weighted by Crippen LogP contribution is 2.68. The number of para-hydroxylation sites is 1. The van der Waals surface area contributed by atoms with E-state index >= 15 is 4.79 Å². The van der Waals surface area contributed by atoms with Crippen LogP contribution in [-0.4, -0.2) is 38.2 Å². The molecule has 3 aliphatic carbocycles. The minimum absolute atomic E-state index is 0.0715. The topological polar surface area (TPSA) is 108 Å². The highest BCUT2D eigenvalue weighted by molar-refractivity contribution is 6.11. The summed E-state index contributed by atoms with van der Waals surface area (Å²) < 4.78 is 19.8. The van der Waals surface area contributed by atoms with Gasteiger partial charge in [0.2, 0.25) is 0 Å². The normalized spacial score (nSPS) is 19.1. The van der Waals surface area contributed by atoms with Crippen LogP contribution in [0.2, 0.25) is 0 Å². The molecule has 1 fully saturated rings. The minimum atomic E-state index is -1.37. The van der Waals surface area contributed by atoms with Crippen molar-refractivity contribution in [2.45, 2.75) is 110 Å². The van der Waals surface area contributed by atoms with Crippen molar-refractivity contribution in [2.75, 3.05) is 0 Å². The van der Waals surface area contributed by atoms with E-state index in [2.05, 4.69) is 67.4 Å². The highest BCUT2D eigenvalue weighted by atomic mass is 16.6. The smallest absolute Gasteiger partial charge is 0.345 e.